The third-order valence-electron chi connectivity index (χ3n) is 6.67. The number of carbonyl (C=O) groups is 2. The number of carbonyl (C=O) groups excluding carboxylic acids is 2. The number of ketones is 2. The number of allylic oxidation sites excluding steroid dienone is 4. The maximum atomic E-state index is 13.3. The lowest BCUT2D eigenvalue weighted by Gasteiger charge is -2.40. The Labute approximate surface area is 185 Å². The first-order valence-corrected chi connectivity index (χ1v) is 10.9. The van der Waals surface area contributed by atoms with E-state index in [-0.39, 0.29) is 46.7 Å². The maximum absolute atomic E-state index is 13.3. The Bertz CT molecular complexity index is 1320. The molecule has 166 valence electrons. The molecule has 1 unspecified atom stereocenters. The minimum Gasteiger partial charge on any atom is -0.512 e. The van der Waals surface area contributed by atoms with Crippen LogP contribution in [0.15, 0.2) is 56.1 Å². The zero-order chi connectivity index (χ0) is 23.0. The second kappa shape index (κ2) is 6.67. The molecule has 0 saturated heterocycles. The molecular formula is C26H26O6. The topological polar surface area (TPSA) is 93.8 Å². The van der Waals surface area contributed by atoms with Crippen molar-refractivity contribution in [3.05, 3.63) is 62.9 Å². The number of Topliss-reactive ketones (excluding diaryl/α,β-unsaturated/α-hetero) is 2. The normalized spacial score (nSPS) is 24.3. The predicted molar refractivity (Wildman–Crippen MR) is 119 cm³/mol. The molecule has 0 amide bonds. The van der Waals surface area contributed by atoms with Crippen LogP contribution in [0, 0.1) is 10.8 Å². The first-order chi connectivity index (χ1) is 15.0. The number of ether oxygens (including phenoxy) is 1. The van der Waals surface area contributed by atoms with E-state index < -0.39 is 17.0 Å². The Balaban J connectivity index is 1.85. The molecule has 6 heteroatoms. The third-order valence-corrected chi connectivity index (χ3v) is 6.67. The van der Waals surface area contributed by atoms with Gasteiger partial charge in [0, 0.05) is 36.8 Å². The average molecular weight is 434 g/mol. The summed E-state index contributed by atoms with van der Waals surface area (Å²) in [5.74, 6) is -0.699. The van der Waals surface area contributed by atoms with Crippen molar-refractivity contribution >= 4 is 22.5 Å². The largest absolute Gasteiger partial charge is 0.512 e. The first-order valence-electron chi connectivity index (χ1n) is 10.9. The molecule has 0 bridgehead atoms. The molecule has 0 spiro atoms. The van der Waals surface area contributed by atoms with Gasteiger partial charge in [0.15, 0.2) is 11.6 Å². The lowest BCUT2D eigenvalue weighted by Crippen LogP contribution is -2.38. The summed E-state index contributed by atoms with van der Waals surface area (Å²) < 4.78 is 11.8. The van der Waals surface area contributed by atoms with Gasteiger partial charge in [0.2, 0.25) is 0 Å². The SMILES string of the molecule is CC1(C)CC(=O)C(C2C3=C(CC(C)(C)CC3=O)Oc3c2c(=O)oc2ccccc32)=C(O)C1. The summed E-state index contributed by atoms with van der Waals surface area (Å²) in [6.45, 7) is 7.81. The molecule has 0 fully saturated rings. The van der Waals surface area contributed by atoms with Crippen LogP contribution in [-0.2, 0) is 9.59 Å². The van der Waals surface area contributed by atoms with E-state index in [2.05, 4.69) is 0 Å². The van der Waals surface area contributed by atoms with Gasteiger partial charge in [-0.2, -0.15) is 0 Å². The van der Waals surface area contributed by atoms with E-state index in [1.807, 2.05) is 33.8 Å². The van der Waals surface area contributed by atoms with Crippen LogP contribution >= 0.6 is 0 Å². The van der Waals surface area contributed by atoms with Gasteiger partial charge < -0.3 is 14.3 Å². The number of rotatable bonds is 1. The summed E-state index contributed by atoms with van der Waals surface area (Å²) in [6.07, 6.45) is 1.28. The summed E-state index contributed by atoms with van der Waals surface area (Å²) >= 11 is 0. The highest BCUT2D eigenvalue weighted by molar-refractivity contribution is 6.06. The highest BCUT2D eigenvalue weighted by atomic mass is 16.5. The van der Waals surface area contributed by atoms with Crippen molar-refractivity contribution in [1.29, 1.82) is 0 Å². The van der Waals surface area contributed by atoms with Crippen molar-refractivity contribution in [1.82, 2.24) is 0 Å². The van der Waals surface area contributed by atoms with E-state index in [9.17, 15) is 19.5 Å². The summed E-state index contributed by atoms with van der Waals surface area (Å²) in [5.41, 5.74) is -0.471. The fourth-order valence-electron chi connectivity index (χ4n) is 5.37. The van der Waals surface area contributed by atoms with Gasteiger partial charge >= 0.3 is 5.63 Å². The van der Waals surface area contributed by atoms with Crippen LogP contribution in [-0.4, -0.2) is 16.7 Å². The molecule has 0 radical (unpaired) electrons. The fraction of sp³-hybridized carbons (Fsp3) is 0.423. The second-order valence-electron chi connectivity index (χ2n) is 10.7. The van der Waals surface area contributed by atoms with Gasteiger partial charge in [-0.05, 0) is 23.0 Å². The number of hydrogen-bond donors (Lipinski definition) is 1. The van der Waals surface area contributed by atoms with E-state index in [0.29, 0.717) is 40.9 Å². The number of fused-ring (bicyclic) bond motifs is 3. The van der Waals surface area contributed by atoms with Gasteiger partial charge in [0.1, 0.15) is 22.9 Å². The first kappa shape index (κ1) is 20.7. The van der Waals surface area contributed by atoms with Crippen LogP contribution in [0.1, 0.15) is 64.9 Å². The van der Waals surface area contributed by atoms with Crippen LogP contribution in [0.2, 0.25) is 0 Å². The molecule has 2 heterocycles. The number of aliphatic hydroxyl groups excluding tert-OH is 1. The Morgan fingerprint density at radius 3 is 2.19 bits per heavy atom. The van der Waals surface area contributed by atoms with Crippen molar-refractivity contribution < 1.29 is 23.8 Å². The summed E-state index contributed by atoms with van der Waals surface area (Å²) in [7, 11) is 0. The Hall–Kier alpha value is -3.15. The third kappa shape index (κ3) is 3.12. The quantitative estimate of drug-likeness (QED) is 0.627. The molecule has 2 aliphatic carbocycles. The summed E-state index contributed by atoms with van der Waals surface area (Å²) in [4.78, 5) is 39.8. The monoisotopic (exact) mass is 434 g/mol. The van der Waals surface area contributed by atoms with Crippen molar-refractivity contribution in [2.75, 3.05) is 0 Å². The zero-order valence-electron chi connectivity index (χ0n) is 18.7. The molecule has 1 N–H and O–H groups in total. The molecule has 1 atom stereocenters. The number of benzene rings is 1. The molecule has 3 aliphatic rings. The van der Waals surface area contributed by atoms with Gasteiger partial charge in [-0.3, -0.25) is 9.59 Å². The molecule has 1 aromatic carbocycles. The molecule has 5 rings (SSSR count). The van der Waals surface area contributed by atoms with Gasteiger partial charge in [-0.1, -0.05) is 39.8 Å². The molecule has 6 nitrogen and oxygen atoms in total. The van der Waals surface area contributed by atoms with E-state index in [0.717, 1.165) is 0 Å². The maximum Gasteiger partial charge on any atom is 0.344 e. The summed E-state index contributed by atoms with van der Waals surface area (Å²) in [5, 5.41) is 11.6. The van der Waals surface area contributed by atoms with Crippen molar-refractivity contribution in [2.24, 2.45) is 10.8 Å². The number of hydrogen-bond acceptors (Lipinski definition) is 6. The molecule has 2 aromatic rings. The van der Waals surface area contributed by atoms with E-state index in [1.54, 1.807) is 18.2 Å². The second-order valence-corrected chi connectivity index (χ2v) is 10.7. The predicted octanol–water partition coefficient (Wildman–Crippen LogP) is 5.11. The lowest BCUT2D eigenvalue weighted by molar-refractivity contribution is -0.119. The van der Waals surface area contributed by atoms with E-state index in [1.165, 1.54) is 0 Å². The van der Waals surface area contributed by atoms with Crippen LogP contribution < -0.4 is 10.4 Å². The highest BCUT2D eigenvalue weighted by Gasteiger charge is 2.48. The minimum atomic E-state index is -0.984. The highest BCUT2D eigenvalue weighted by Crippen LogP contribution is 2.53. The van der Waals surface area contributed by atoms with Crippen molar-refractivity contribution in [3.8, 4) is 5.75 Å². The van der Waals surface area contributed by atoms with Gasteiger partial charge in [0.25, 0.3) is 0 Å². The Morgan fingerprint density at radius 2 is 1.50 bits per heavy atom. The van der Waals surface area contributed by atoms with Crippen LogP contribution in [0.3, 0.4) is 0 Å². The molecule has 32 heavy (non-hydrogen) atoms. The van der Waals surface area contributed by atoms with Crippen molar-refractivity contribution in [2.45, 2.75) is 59.3 Å². The molecule has 1 aliphatic heterocycles. The minimum absolute atomic E-state index is 0.0684. The molecule has 1 aromatic heterocycles. The number of aliphatic hydroxyl groups is 1. The average Bonchev–Trinajstić information content (AvgIpc) is 2.64. The van der Waals surface area contributed by atoms with E-state index in [4.69, 9.17) is 9.15 Å². The van der Waals surface area contributed by atoms with Crippen LogP contribution in [0.5, 0.6) is 5.75 Å². The standard InChI is InChI=1S/C26H26O6/c1-25(2)9-14(27)19(15(28)10-25)21-20-16(29)11-26(3,4)12-18(20)31-23-13-7-5-6-8-17(13)32-24(30)22(21)23/h5-8,21,27H,9-12H2,1-4H3. The van der Waals surface area contributed by atoms with E-state index >= 15 is 0 Å². The summed E-state index contributed by atoms with van der Waals surface area (Å²) in [6, 6.07) is 7.04. The molecular weight excluding hydrogens is 408 g/mol. The van der Waals surface area contributed by atoms with Gasteiger partial charge in [0.05, 0.1) is 16.9 Å². The van der Waals surface area contributed by atoms with Crippen LogP contribution in [0.4, 0.5) is 0 Å². The smallest absolute Gasteiger partial charge is 0.344 e. The fourth-order valence-corrected chi connectivity index (χ4v) is 5.37. The van der Waals surface area contributed by atoms with Crippen LogP contribution in [0.25, 0.3) is 11.0 Å². The Kier molecular flexibility index (Phi) is 4.32. The van der Waals surface area contributed by atoms with Crippen molar-refractivity contribution in [3.63, 3.8) is 0 Å². The Morgan fingerprint density at radius 1 is 0.875 bits per heavy atom. The lowest BCUT2D eigenvalue weighted by atomic mass is 9.66. The molecule has 0 saturated carbocycles. The van der Waals surface area contributed by atoms with Gasteiger partial charge in [-0.15, -0.1) is 0 Å². The zero-order valence-corrected chi connectivity index (χ0v) is 18.7. The van der Waals surface area contributed by atoms with Gasteiger partial charge in [-0.25, -0.2) is 4.79 Å². The number of para-hydroxylation sites is 1.